The second-order valence-electron chi connectivity index (χ2n) is 4.28. The van der Waals surface area contributed by atoms with Crippen molar-refractivity contribution in [1.29, 1.82) is 0 Å². The van der Waals surface area contributed by atoms with Crippen LogP contribution in [0.1, 0.15) is 22.7 Å². The van der Waals surface area contributed by atoms with Crippen LogP contribution in [0.3, 0.4) is 0 Å². The number of hydrogen-bond donors (Lipinski definition) is 1. The van der Waals surface area contributed by atoms with Crippen molar-refractivity contribution in [2.75, 3.05) is 7.05 Å². The van der Waals surface area contributed by atoms with E-state index in [0.29, 0.717) is 0 Å². The molecule has 0 saturated heterocycles. The molecule has 0 heterocycles. The Morgan fingerprint density at radius 3 is 2.22 bits per heavy atom. The van der Waals surface area contributed by atoms with Crippen LogP contribution in [0.2, 0.25) is 5.02 Å². The van der Waals surface area contributed by atoms with Gasteiger partial charge in [-0.1, -0.05) is 51.8 Å². The summed E-state index contributed by atoms with van der Waals surface area (Å²) in [5, 5.41) is 4.14. The first-order chi connectivity index (χ1) is 8.61. The Bertz CT molecular complexity index is 537. The molecule has 0 saturated carbocycles. The molecule has 3 heteroatoms. The molecule has 0 amide bonds. The van der Waals surface area contributed by atoms with Crippen LogP contribution in [0, 0.1) is 6.92 Å². The van der Waals surface area contributed by atoms with Gasteiger partial charge in [-0.3, -0.25) is 0 Å². The quantitative estimate of drug-likeness (QED) is 0.861. The van der Waals surface area contributed by atoms with Crippen molar-refractivity contribution in [2.24, 2.45) is 0 Å². The molecule has 0 aliphatic heterocycles. The van der Waals surface area contributed by atoms with Gasteiger partial charge in [0.15, 0.2) is 0 Å². The van der Waals surface area contributed by atoms with Gasteiger partial charge in [0.25, 0.3) is 0 Å². The first-order valence-corrected chi connectivity index (χ1v) is 6.97. The summed E-state index contributed by atoms with van der Waals surface area (Å²) in [6.07, 6.45) is 0. The van der Waals surface area contributed by atoms with E-state index >= 15 is 0 Å². The van der Waals surface area contributed by atoms with Gasteiger partial charge in [-0.05, 0) is 48.9 Å². The summed E-state index contributed by atoms with van der Waals surface area (Å²) >= 11 is 9.64. The Hall–Kier alpha value is -0.830. The predicted molar refractivity (Wildman–Crippen MR) is 81.2 cm³/mol. The largest absolute Gasteiger partial charge is 0.309 e. The predicted octanol–water partition coefficient (Wildman–Crippen LogP) is 4.72. The summed E-state index contributed by atoms with van der Waals surface area (Å²) in [6, 6.07) is 14.7. The molecular weight excluding hydrogens is 310 g/mol. The molecule has 2 aromatic rings. The molecule has 0 spiro atoms. The number of benzene rings is 2. The minimum absolute atomic E-state index is 0.163. The van der Waals surface area contributed by atoms with Crippen molar-refractivity contribution < 1.29 is 0 Å². The van der Waals surface area contributed by atoms with E-state index in [1.54, 1.807) is 0 Å². The Labute approximate surface area is 121 Å². The molecule has 0 radical (unpaired) electrons. The zero-order valence-electron chi connectivity index (χ0n) is 10.4. The van der Waals surface area contributed by atoms with Crippen molar-refractivity contribution in [3.8, 4) is 0 Å². The summed E-state index contributed by atoms with van der Waals surface area (Å²) in [5.74, 6) is 0. The number of aryl methyl sites for hydroxylation is 1. The molecular formula is C15H15BrClN. The number of hydrogen-bond acceptors (Lipinski definition) is 1. The van der Waals surface area contributed by atoms with Crippen LogP contribution < -0.4 is 5.32 Å². The number of nitrogens with one attached hydrogen (secondary N) is 1. The molecule has 94 valence electrons. The summed E-state index contributed by atoms with van der Waals surface area (Å²) < 4.78 is 1.09. The van der Waals surface area contributed by atoms with Crippen LogP contribution in [-0.2, 0) is 0 Å². The molecule has 0 fully saturated rings. The van der Waals surface area contributed by atoms with Crippen LogP contribution in [0.5, 0.6) is 0 Å². The van der Waals surface area contributed by atoms with Gasteiger partial charge in [-0.25, -0.2) is 0 Å². The van der Waals surface area contributed by atoms with Crippen LogP contribution in [0.15, 0.2) is 46.9 Å². The molecule has 2 aromatic carbocycles. The molecule has 1 atom stereocenters. The van der Waals surface area contributed by atoms with Crippen LogP contribution in [-0.4, -0.2) is 7.05 Å². The highest BCUT2D eigenvalue weighted by Crippen LogP contribution is 2.26. The standard InChI is InChI=1S/C15H15BrClN/c1-10-3-4-12(9-14(10)17)15(18-2)11-5-7-13(16)8-6-11/h3-9,15,18H,1-2H3. The highest BCUT2D eigenvalue weighted by molar-refractivity contribution is 9.10. The Morgan fingerprint density at radius 2 is 1.67 bits per heavy atom. The summed E-state index contributed by atoms with van der Waals surface area (Å²) in [5.41, 5.74) is 3.50. The maximum absolute atomic E-state index is 6.19. The smallest absolute Gasteiger partial charge is 0.0574 e. The van der Waals surface area contributed by atoms with Crippen molar-refractivity contribution in [3.63, 3.8) is 0 Å². The lowest BCUT2D eigenvalue weighted by atomic mass is 9.98. The van der Waals surface area contributed by atoms with Gasteiger partial charge < -0.3 is 5.32 Å². The van der Waals surface area contributed by atoms with Crippen molar-refractivity contribution in [1.82, 2.24) is 5.32 Å². The minimum Gasteiger partial charge on any atom is -0.309 e. The van der Waals surface area contributed by atoms with Crippen molar-refractivity contribution in [2.45, 2.75) is 13.0 Å². The Kier molecular flexibility index (Phi) is 4.44. The fourth-order valence-corrected chi connectivity index (χ4v) is 2.42. The zero-order chi connectivity index (χ0) is 13.1. The van der Waals surface area contributed by atoms with E-state index in [2.05, 4.69) is 57.6 Å². The second-order valence-corrected chi connectivity index (χ2v) is 5.60. The maximum Gasteiger partial charge on any atom is 0.0574 e. The third-order valence-electron chi connectivity index (χ3n) is 3.02. The first-order valence-electron chi connectivity index (χ1n) is 5.80. The average molecular weight is 325 g/mol. The monoisotopic (exact) mass is 323 g/mol. The van der Waals surface area contributed by atoms with E-state index in [1.165, 1.54) is 11.1 Å². The van der Waals surface area contributed by atoms with E-state index in [-0.39, 0.29) is 6.04 Å². The zero-order valence-corrected chi connectivity index (χ0v) is 12.7. The highest BCUT2D eigenvalue weighted by atomic mass is 79.9. The average Bonchev–Trinajstić information content (AvgIpc) is 2.37. The molecule has 0 aliphatic rings. The molecule has 1 nitrogen and oxygen atoms in total. The molecule has 0 aromatic heterocycles. The topological polar surface area (TPSA) is 12.0 Å². The minimum atomic E-state index is 0.163. The lowest BCUT2D eigenvalue weighted by Gasteiger charge is -2.18. The maximum atomic E-state index is 6.19. The fraction of sp³-hybridized carbons (Fsp3) is 0.200. The molecule has 0 aliphatic carbocycles. The van der Waals surface area contributed by atoms with E-state index in [0.717, 1.165) is 15.1 Å². The summed E-state index contributed by atoms with van der Waals surface area (Å²) in [4.78, 5) is 0. The molecule has 1 N–H and O–H groups in total. The lowest BCUT2D eigenvalue weighted by Crippen LogP contribution is -2.17. The summed E-state index contributed by atoms with van der Waals surface area (Å²) in [6.45, 7) is 2.01. The SMILES string of the molecule is CNC(c1ccc(Br)cc1)c1ccc(C)c(Cl)c1. The van der Waals surface area contributed by atoms with Gasteiger partial charge in [0, 0.05) is 9.50 Å². The molecule has 18 heavy (non-hydrogen) atoms. The number of rotatable bonds is 3. The normalized spacial score (nSPS) is 12.4. The van der Waals surface area contributed by atoms with Gasteiger partial charge in [-0.2, -0.15) is 0 Å². The lowest BCUT2D eigenvalue weighted by molar-refractivity contribution is 0.691. The third-order valence-corrected chi connectivity index (χ3v) is 3.96. The van der Waals surface area contributed by atoms with E-state index in [4.69, 9.17) is 11.6 Å². The highest BCUT2D eigenvalue weighted by Gasteiger charge is 2.12. The molecule has 2 rings (SSSR count). The Morgan fingerprint density at radius 1 is 1.06 bits per heavy atom. The van der Waals surface area contributed by atoms with Crippen LogP contribution in [0.25, 0.3) is 0 Å². The van der Waals surface area contributed by atoms with E-state index in [1.807, 2.05) is 20.0 Å². The summed E-state index contributed by atoms with van der Waals surface area (Å²) in [7, 11) is 1.96. The fourth-order valence-electron chi connectivity index (χ4n) is 1.97. The third kappa shape index (κ3) is 2.94. The number of halogens is 2. The van der Waals surface area contributed by atoms with Gasteiger partial charge in [0.2, 0.25) is 0 Å². The van der Waals surface area contributed by atoms with Crippen LogP contribution >= 0.6 is 27.5 Å². The van der Waals surface area contributed by atoms with Gasteiger partial charge >= 0.3 is 0 Å². The molecule has 1 unspecified atom stereocenters. The first kappa shape index (κ1) is 13.6. The van der Waals surface area contributed by atoms with E-state index < -0.39 is 0 Å². The van der Waals surface area contributed by atoms with Crippen molar-refractivity contribution in [3.05, 3.63) is 68.7 Å². The van der Waals surface area contributed by atoms with Crippen LogP contribution in [0.4, 0.5) is 0 Å². The molecule has 0 bridgehead atoms. The van der Waals surface area contributed by atoms with Gasteiger partial charge in [0.05, 0.1) is 6.04 Å². The Balaban J connectivity index is 2.38. The van der Waals surface area contributed by atoms with Gasteiger partial charge in [0.1, 0.15) is 0 Å². The van der Waals surface area contributed by atoms with E-state index in [9.17, 15) is 0 Å². The van der Waals surface area contributed by atoms with Gasteiger partial charge in [-0.15, -0.1) is 0 Å². The van der Waals surface area contributed by atoms with Crippen molar-refractivity contribution >= 4 is 27.5 Å². The second kappa shape index (κ2) is 5.87.